The van der Waals surface area contributed by atoms with E-state index in [1.54, 1.807) is 12.1 Å². The first-order valence-corrected chi connectivity index (χ1v) is 10.7. The molecule has 0 aliphatic rings. The van der Waals surface area contributed by atoms with Gasteiger partial charge in [0, 0.05) is 24.3 Å². The summed E-state index contributed by atoms with van der Waals surface area (Å²) in [6.07, 6.45) is 1.89. The second-order valence-electron chi connectivity index (χ2n) is 7.78. The number of hydrogen-bond donors (Lipinski definition) is 1. The molecule has 1 N–H and O–H groups in total. The Balaban J connectivity index is 1.99. The molecule has 1 amide bonds. The fraction of sp³-hybridized carbons (Fsp3) is 0.360. The van der Waals surface area contributed by atoms with Crippen molar-refractivity contribution in [2.24, 2.45) is 0 Å². The summed E-state index contributed by atoms with van der Waals surface area (Å²) in [6, 6.07) is 16.9. The maximum atomic E-state index is 12.9. The van der Waals surface area contributed by atoms with E-state index in [-0.39, 0.29) is 17.7 Å². The number of aromatic nitrogens is 2. The van der Waals surface area contributed by atoms with Gasteiger partial charge in [0.2, 0.25) is 0 Å². The molecular formula is C25H31N3O2. The van der Waals surface area contributed by atoms with E-state index in [4.69, 9.17) is 0 Å². The zero-order valence-corrected chi connectivity index (χ0v) is 18.3. The van der Waals surface area contributed by atoms with Crippen LogP contribution < -0.4 is 0 Å². The van der Waals surface area contributed by atoms with Crippen LogP contribution in [0.1, 0.15) is 65.6 Å². The van der Waals surface area contributed by atoms with Crippen LogP contribution in [-0.2, 0) is 0 Å². The first-order chi connectivity index (χ1) is 14.4. The van der Waals surface area contributed by atoms with Crippen LogP contribution in [0.4, 0.5) is 0 Å². The topological polar surface area (TPSA) is 58.4 Å². The highest BCUT2D eigenvalue weighted by molar-refractivity contribution is 5.94. The number of nitrogens with zero attached hydrogens (tertiary/aromatic N) is 3. The number of phenolic OH excluding ortho intramolecular Hbond substituents is 1. The summed E-state index contributed by atoms with van der Waals surface area (Å²) in [4.78, 5) is 14.8. The number of amides is 1. The molecule has 0 bridgehead atoms. The third kappa shape index (κ3) is 4.73. The summed E-state index contributed by atoms with van der Waals surface area (Å²) in [5.41, 5.74) is 4.64. The zero-order chi connectivity index (χ0) is 21.7. The van der Waals surface area contributed by atoms with Gasteiger partial charge < -0.3 is 10.0 Å². The summed E-state index contributed by atoms with van der Waals surface area (Å²) >= 11 is 0. The van der Waals surface area contributed by atoms with Gasteiger partial charge in [-0.1, -0.05) is 38.1 Å². The van der Waals surface area contributed by atoms with Crippen molar-refractivity contribution in [3.63, 3.8) is 0 Å². The number of benzene rings is 2. The monoisotopic (exact) mass is 405 g/mol. The fourth-order valence-electron chi connectivity index (χ4n) is 3.92. The van der Waals surface area contributed by atoms with Gasteiger partial charge >= 0.3 is 0 Å². The predicted molar refractivity (Wildman–Crippen MR) is 120 cm³/mol. The van der Waals surface area contributed by atoms with Gasteiger partial charge in [-0.05, 0) is 68.1 Å². The van der Waals surface area contributed by atoms with Crippen molar-refractivity contribution in [1.29, 1.82) is 0 Å². The third-order valence-electron chi connectivity index (χ3n) is 5.22. The predicted octanol–water partition coefficient (Wildman–Crippen LogP) is 5.11. The minimum absolute atomic E-state index is 0.0743. The van der Waals surface area contributed by atoms with E-state index in [1.807, 2.05) is 65.9 Å². The normalized spacial score (nSPS) is 12.0. The zero-order valence-electron chi connectivity index (χ0n) is 18.3. The average Bonchev–Trinajstić information content (AvgIpc) is 3.06. The van der Waals surface area contributed by atoms with E-state index in [0.717, 1.165) is 48.4 Å². The van der Waals surface area contributed by atoms with Crippen molar-refractivity contribution in [3.05, 3.63) is 82.7 Å². The van der Waals surface area contributed by atoms with Crippen molar-refractivity contribution in [1.82, 2.24) is 14.7 Å². The molecule has 0 fully saturated rings. The number of phenols is 1. The van der Waals surface area contributed by atoms with E-state index in [1.165, 1.54) is 0 Å². The maximum Gasteiger partial charge on any atom is 0.253 e. The number of aryl methyl sites for hydroxylation is 2. The van der Waals surface area contributed by atoms with Crippen molar-refractivity contribution in [3.8, 4) is 5.75 Å². The minimum Gasteiger partial charge on any atom is -0.508 e. The highest BCUT2D eigenvalue weighted by atomic mass is 16.3. The quantitative estimate of drug-likeness (QED) is 0.567. The molecule has 0 radical (unpaired) electrons. The SMILES string of the molecule is CCCN(CCC)C(=O)c1ccc(C(c2cccc(O)c2)n2nc(C)cc2C)cc1. The Morgan fingerprint density at radius 1 is 1.00 bits per heavy atom. The molecule has 1 unspecified atom stereocenters. The lowest BCUT2D eigenvalue weighted by Crippen LogP contribution is -2.32. The molecule has 3 aromatic rings. The molecule has 0 spiro atoms. The number of hydrogen-bond acceptors (Lipinski definition) is 3. The van der Waals surface area contributed by atoms with Crippen LogP contribution in [0.2, 0.25) is 0 Å². The van der Waals surface area contributed by atoms with Gasteiger partial charge in [0.05, 0.1) is 5.69 Å². The molecule has 2 aromatic carbocycles. The van der Waals surface area contributed by atoms with Gasteiger partial charge in [-0.2, -0.15) is 5.10 Å². The Morgan fingerprint density at radius 2 is 1.67 bits per heavy atom. The molecule has 3 rings (SSSR count). The second kappa shape index (κ2) is 9.61. The number of rotatable bonds is 8. The molecule has 158 valence electrons. The van der Waals surface area contributed by atoms with E-state index in [2.05, 4.69) is 18.9 Å². The first kappa shape index (κ1) is 21.6. The van der Waals surface area contributed by atoms with Crippen LogP contribution in [0.3, 0.4) is 0 Å². The first-order valence-electron chi connectivity index (χ1n) is 10.7. The summed E-state index contributed by atoms with van der Waals surface area (Å²) < 4.78 is 1.97. The third-order valence-corrected chi connectivity index (χ3v) is 5.22. The fourth-order valence-corrected chi connectivity index (χ4v) is 3.92. The van der Waals surface area contributed by atoms with E-state index >= 15 is 0 Å². The molecule has 1 heterocycles. The number of carbonyl (C=O) groups excluding carboxylic acids is 1. The lowest BCUT2D eigenvalue weighted by molar-refractivity contribution is 0.0755. The summed E-state index contributed by atoms with van der Waals surface area (Å²) in [5, 5.41) is 14.7. The minimum atomic E-state index is -0.183. The standard InChI is InChI=1S/C25H31N3O2/c1-5-14-27(15-6-2)25(30)21-12-10-20(11-13-21)24(22-8-7-9-23(29)17-22)28-19(4)16-18(3)26-28/h7-13,16-17,24,29H,5-6,14-15H2,1-4H3. The van der Waals surface area contributed by atoms with Crippen molar-refractivity contribution >= 4 is 5.91 Å². The van der Waals surface area contributed by atoms with E-state index < -0.39 is 0 Å². The number of aromatic hydroxyl groups is 1. The maximum absolute atomic E-state index is 12.9. The molecule has 5 heteroatoms. The molecule has 5 nitrogen and oxygen atoms in total. The van der Waals surface area contributed by atoms with Crippen LogP contribution >= 0.6 is 0 Å². The van der Waals surface area contributed by atoms with E-state index in [0.29, 0.717) is 5.56 Å². The van der Waals surface area contributed by atoms with Gasteiger partial charge in [-0.15, -0.1) is 0 Å². The van der Waals surface area contributed by atoms with Crippen LogP contribution in [-0.4, -0.2) is 38.8 Å². The summed E-state index contributed by atoms with van der Waals surface area (Å²) in [7, 11) is 0. The van der Waals surface area contributed by atoms with Crippen LogP contribution in [0.25, 0.3) is 0 Å². The van der Waals surface area contributed by atoms with E-state index in [9.17, 15) is 9.90 Å². The average molecular weight is 406 g/mol. The molecule has 0 aliphatic heterocycles. The Bertz CT molecular complexity index is 986. The molecule has 0 saturated carbocycles. The lowest BCUT2D eigenvalue weighted by Gasteiger charge is -2.23. The van der Waals surface area contributed by atoms with Crippen LogP contribution in [0.15, 0.2) is 54.6 Å². The highest BCUT2D eigenvalue weighted by Gasteiger charge is 2.21. The molecule has 30 heavy (non-hydrogen) atoms. The van der Waals surface area contributed by atoms with Gasteiger partial charge in [0.15, 0.2) is 0 Å². The van der Waals surface area contributed by atoms with Crippen molar-refractivity contribution < 1.29 is 9.90 Å². The summed E-state index contributed by atoms with van der Waals surface area (Å²) in [5.74, 6) is 0.297. The van der Waals surface area contributed by atoms with Gasteiger partial charge in [-0.25, -0.2) is 0 Å². The Hall–Kier alpha value is -3.08. The highest BCUT2D eigenvalue weighted by Crippen LogP contribution is 2.30. The molecule has 1 atom stereocenters. The molecule has 0 aliphatic carbocycles. The van der Waals surface area contributed by atoms with Crippen LogP contribution in [0.5, 0.6) is 5.75 Å². The summed E-state index contributed by atoms with van der Waals surface area (Å²) in [6.45, 7) is 9.72. The van der Waals surface area contributed by atoms with Crippen molar-refractivity contribution in [2.45, 2.75) is 46.6 Å². The smallest absolute Gasteiger partial charge is 0.253 e. The molecular weight excluding hydrogens is 374 g/mol. The van der Waals surface area contributed by atoms with Gasteiger partial charge in [-0.3, -0.25) is 9.48 Å². The Labute approximate surface area is 179 Å². The molecule has 1 aromatic heterocycles. The number of carbonyl (C=O) groups is 1. The van der Waals surface area contributed by atoms with Crippen molar-refractivity contribution in [2.75, 3.05) is 13.1 Å². The molecule has 0 saturated heterocycles. The van der Waals surface area contributed by atoms with Crippen LogP contribution in [0, 0.1) is 13.8 Å². The Kier molecular flexibility index (Phi) is 6.93. The largest absolute Gasteiger partial charge is 0.508 e. The Morgan fingerprint density at radius 3 is 2.20 bits per heavy atom. The van der Waals surface area contributed by atoms with Gasteiger partial charge in [0.25, 0.3) is 5.91 Å². The lowest BCUT2D eigenvalue weighted by atomic mass is 9.97. The van der Waals surface area contributed by atoms with Gasteiger partial charge in [0.1, 0.15) is 11.8 Å². The second-order valence-corrected chi connectivity index (χ2v) is 7.78.